The molecule has 1 fully saturated rings. The van der Waals surface area contributed by atoms with E-state index in [1.54, 1.807) is 0 Å². The molecule has 2 aliphatic rings. The normalized spacial score (nSPS) is 20.3. The molecule has 0 aromatic heterocycles. The molecule has 4 rings (SSSR count). The first-order valence-electron chi connectivity index (χ1n) is 9.31. The number of ketones is 1. The van der Waals surface area contributed by atoms with Crippen LogP contribution in [0.25, 0.3) is 0 Å². The van der Waals surface area contributed by atoms with Gasteiger partial charge in [-0.15, -0.1) is 0 Å². The maximum absolute atomic E-state index is 13.1. The van der Waals surface area contributed by atoms with Gasteiger partial charge in [-0.3, -0.25) is 14.5 Å². The summed E-state index contributed by atoms with van der Waals surface area (Å²) in [5.74, 6) is -0.0742. The topological polar surface area (TPSA) is 40.6 Å². The molecule has 0 saturated carbocycles. The Hall–Kier alpha value is -2.46. The Morgan fingerprint density at radius 2 is 1.73 bits per heavy atom. The second-order valence-electron chi connectivity index (χ2n) is 7.30. The molecule has 1 amide bonds. The van der Waals surface area contributed by atoms with Crippen molar-refractivity contribution >= 4 is 11.7 Å². The fourth-order valence-corrected chi connectivity index (χ4v) is 4.18. The number of hydrogen-bond donors (Lipinski definition) is 0. The Labute approximate surface area is 154 Å². The average Bonchev–Trinajstić information content (AvgIpc) is 3.01. The van der Waals surface area contributed by atoms with Crippen LogP contribution in [-0.4, -0.2) is 47.7 Å². The molecule has 1 aliphatic carbocycles. The minimum Gasteiger partial charge on any atom is -0.340 e. The van der Waals surface area contributed by atoms with Crippen LogP contribution in [0.2, 0.25) is 0 Å². The monoisotopic (exact) mass is 348 g/mol. The third kappa shape index (κ3) is 3.17. The minimum absolute atomic E-state index is 0.102. The number of rotatable bonds is 3. The molecule has 4 nitrogen and oxygen atoms in total. The highest BCUT2D eigenvalue weighted by Crippen LogP contribution is 2.36. The highest BCUT2D eigenvalue weighted by molar-refractivity contribution is 6.07. The van der Waals surface area contributed by atoms with Crippen molar-refractivity contribution in [3.8, 4) is 0 Å². The summed E-state index contributed by atoms with van der Waals surface area (Å²) in [6, 6.07) is 16.2. The molecular formula is C22H24N2O2. The Balaban J connectivity index is 1.41. The number of aryl methyl sites for hydroxylation is 1. The molecule has 0 bridgehead atoms. The molecule has 1 unspecified atom stereocenters. The summed E-state index contributed by atoms with van der Waals surface area (Å²) >= 11 is 0. The van der Waals surface area contributed by atoms with Crippen LogP contribution in [0.5, 0.6) is 0 Å². The summed E-state index contributed by atoms with van der Waals surface area (Å²) < 4.78 is 0. The van der Waals surface area contributed by atoms with E-state index in [1.165, 1.54) is 5.56 Å². The molecule has 134 valence electrons. The number of benzene rings is 2. The van der Waals surface area contributed by atoms with Crippen molar-refractivity contribution in [1.82, 2.24) is 9.80 Å². The van der Waals surface area contributed by atoms with E-state index in [0.717, 1.165) is 49.4 Å². The van der Waals surface area contributed by atoms with Crippen LogP contribution < -0.4 is 0 Å². The number of carbonyl (C=O) groups excluding carboxylic acids is 2. The SMILES string of the molecule is Cc1cccc2c1C(C(=O)N1CCN(Cc3ccccc3)CC1)CC2=O. The van der Waals surface area contributed by atoms with Gasteiger partial charge in [0, 0.05) is 44.7 Å². The van der Waals surface area contributed by atoms with Gasteiger partial charge >= 0.3 is 0 Å². The van der Waals surface area contributed by atoms with Crippen LogP contribution in [0.4, 0.5) is 0 Å². The Bertz CT molecular complexity index is 823. The fourth-order valence-electron chi connectivity index (χ4n) is 4.18. The van der Waals surface area contributed by atoms with Crippen molar-refractivity contribution in [3.05, 3.63) is 70.8 Å². The number of hydrogen-bond acceptors (Lipinski definition) is 3. The molecule has 4 heteroatoms. The number of carbonyl (C=O) groups is 2. The molecular weight excluding hydrogens is 324 g/mol. The van der Waals surface area contributed by atoms with Crippen molar-refractivity contribution in [1.29, 1.82) is 0 Å². The second kappa shape index (κ2) is 7.04. The first-order chi connectivity index (χ1) is 12.6. The molecule has 26 heavy (non-hydrogen) atoms. The summed E-state index contributed by atoms with van der Waals surface area (Å²) in [7, 11) is 0. The quantitative estimate of drug-likeness (QED) is 0.856. The summed E-state index contributed by atoms with van der Waals surface area (Å²) in [5.41, 5.74) is 4.05. The van der Waals surface area contributed by atoms with E-state index >= 15 is 0 Å². The maximum Gasteiger partial charge on any atom is 0.230 e. The molecule has 1 atom stereocenters. The molecule has 0 spiro atoms. The van der Waals surface area contributed by atoms with Crippen LogP contribution in [-0.2, 0) is 11.3 Å². The molecule has 0 N–H and O–H groups in total. The molecule has 0 radical (unpaired) electrons. The van der Waals surface area contributed by atoms with Crippen molar-refractivity contribution < 1.29 is 9.59 Å². The van der Waals surface area contributed by atoms with Gasteiger partial charge in [0.1, 0.15) is 0 Å². The van der Waals surface area contributed by atoms with Gasteiger partial charge in [0.25, 0.3) is 0 Å². The molecule has 1 heterocycles. The van der Waals surface area contributed by atoms with Gasteiger partial charge in [0.15, 0.2) is 5.78 Å². The maximum atomic E-state index is 13.1. The summed E-state index contributed by atoms with van der Waals surface area (Å²) in [5, 5.41) is 0. The number of piperazine rings is 1. The number of amides is 1. The first-order valence-corrected chi connectivity index (χ1v) is 9.31. The van der Waals surface area contributed by atoms with Crippen molar-refractivity contribution in [2.75, 3.05) is 26.2 Å². The zero-order chi connectivity index (χ0) is 18.1. The van der Waals surface area contributed by atoms with Gasteiger partial charge in [-0.05, 0) is 23.6 Å². The van der Waals surface area contributed by atoms with Gasteiger partial charge < -0.3 is 4.90 Å². The lowest BCUT2D eigenvalue weighted by Gasteiger charge is -2.36. The predicted molar refractivity (Wildman–Crippen MR) is 101 cm³/mol. The summed E-state index contributed by atoms with van der Waals surface area (Å²) in [6.45, 7) is 6.14. The number of Topliss-reactive ketones (excluding diaryl/α,β-unsaturated/α-hetero) is 1. The average molecular weight is 348 g/mol. The summed E-state index contributed by atoms with van der Waals surface area (Å²) in [6.07, 6.45) is 0.323. The first kappa shape index (κ1) is 17.0. The standard InChI is InChI=1S/C22H24N2O2/c1-16-6-5-9-18-20(25)14-19(21(16)18)22(26)24-12-10-23(11-13-24)15-17-7-3-2-4-8-17/h2-9,19H,10-15H2,1H3. The highest BCUT2D eigenvalue weighted by atomic mass is 16.2. The van der Waals surface area contributed by atoms with Crippen LogP contribution in [0.15, 0.2) is 48.5 Å². The Morgan fingerprint density at radius 1 is 1.00 bits per heavy atom. The largest absolute Gasteiger partial charge is 0.340 e. The molecule has 1 aliphatic heterocycles. The predicted octanol–water partition coefficient (Wildman–Crippen LogP) is 3.01. The van der Waals surface area contributed by atoms with Crippen molar-refractivity contribution in [2.45, 2.75) is 25.8 Å². The highest BCUT2D eigenvalue weighted by Gasteiger charge is 2.38. The lowest BCUT2D eigenvalue weighted by molar-refractivity contribution is -0.134. The molecule has 1 saturated heterocycles. The van der Waals surface area contributed by atoms with Gasteiger partial charge in [-0.25, -0.2) is 0 Å². The second-order valence-corrected chi connectivity index (χ2v) is 7.30. The number of nitrogens with zero attached hydrogens (tertiary/aromatic N) is 2. The summed E-state index contributed by atoms with van der Waals surface area (Å²) in [4.78, 5) is 29.7. The van der Waals surface area contributed by atoms with Gasteiger partial charge in [0.2, 0.25) is 5.91 Å². The van der Waals surface area contributed by atoms with E-state index < -0.39 is 0 Å². The lowest BCUT2D eigenvalue weighted by atomic mass is 9.95. The zero-order valence-corrected chi connectivity index (χ0v) is 15.1. The van der Waals surface area contributed by atoms with Gasteiger partial charge in [-0.2, -0.15) is 0 Å². The van der Waals surface area contributed by atoms with E-state index in [2.05, 4.69) is 29.2 Å². The van der Waals surface area contributed by atoms with Crippen LogP contribution in [0, 0.1) is 6.92 Å². The van der Waals surface area contributed by atoms with E-state index in [9.17, 15) is 9.59 Å². The zero-order valence-electron chi connectivity index (χ0n) is 15.1. The van der Waals surface area contributed by atoms with E-state index in [0.29, 0.717) is 6.42 Å². The Kier molecular flexibility index (Phi) is 4.60. The van der Waals surface area contributed by atoms with E-state index in [-0.39, 0.29) is 17.6 Å². The van der Waals surface area contributed by atoms with Crippen molar-refractivity contribution in [2.24, 2.45) is 0 Å². The molecule has 2 aromatic rings. The molecule has 2 aromatic carbocycles. The van der Waals surface area contributed by atoms with Crippen LogP contribution in [0.1, 0.15) is 39.4 Å². The van der Waals surface area contributed by atoms with E-state index in [1.807, 2.05) is 36.1 Å². The number of fused-ring (bicyclic) bond motifs is 1. The smallest absolute Gasteiger partial charge is 0.230 e. The van der Waals surface area contributed by atoms with E-state index in [4.69, 9.17) is 0 Å². The third-order valence-electron chi connectivity index (χ3n) is 5.59. The lowest BCUT2D eigenvalue weighted by Crippen LogP contribution is -2.49. The van der Waals surface area contributed by atoms with Crippen LogP contribution >= 0.6 is 0 Å². The Morgan fingerprint density at radius 3 is 2.46 bits per heavy atom. The fraction of sp³-hybridized carbons (Fsp3) is 0.364. The van der Waals surface area contributed by atoms with Gasteiger partial charge in [-0.1, -0.05) is 48.5 Å². The minimum atomic E-state index is -0.292. The van der Waals surface area contributed by atoms with Gasteiger partial charge in [0.05, 0.1) is 5.92 Å². The third-order valence-corrected chi connectivity index (χ3v) is 5.59. The van der Waals surface area contributed by atoms with Crippen molar-refractivity contribution in [3.63, 3.8) is 0 Å². The van der Waals surface area contributed by atoms with Crippen LogP contribution in [0.3, 0.4) is 0 Å².